The Balaban J connectivity index is 1.66. The predicted octanol–water partition coefficient (Wildman–Crippen LogP) is 3.21. The Hall–Kier alpha value is -4.04. The lowest BCUT2D eigenvalue weighted by molar-refractivity contribution is -0.115. The largest absolute Gasteiger partial charge is 0.508 e. The number of aromatic hydroxyl groups is 2. The summed E-state index contributed by atoms with van der Waals surface area (Å²) < 4.78 is 11.9. The second-order valence-electron chi connectivity index (χ2n) is 7.62. The average Bonchev–Trinajstić information content (AvgIpc) is 3.04. The molecule has 32 heavy (non-hydrogen) atoms. The molecule has 0 bridgehead atoms. The van der Waals surface area contributed by atoms with Gasteiger partial charge in [-0.1, -0.05) is 13.0 Å². The maximum Gasteiger partial charge on any atom is 0.340 e. The molecule has 0 saturated heterocycles. The van der Waals surface area contributed by atoms with E-state index in [0.29, 0.717) is 46.0 Å². The normalized spacial score (nSPS) is 14.7. The first-order chi connectivity index (χ1) is 15.4. The fourth-order valence-corrected chi connectivity index (χ4v) is 4.23. The maximum absolute atomic E-state index is 13.0. The van der Waals surface area contributed by atoms with E-state index in [1.54, 1.807) is 30.3 Å². The number of nitrogens with one attached hydrogen (secondary N) is 2. The molecule has 3 aromatic rings. The predicted molar refractivity (Wildman–Crippen MR) is 115 cm³/mol. The van der Waals surface area contributed by atoms with Gasteiger partial charge in [-0.05, 0) is 42.9 Å². The molecule has 162 valence electrons. The van der Waals surface area contributed by atoms with Crippen LogP contribution in [0, 0.1) is 0 Å². The molecule has 5 rings (SSSR count). The minimum Gasteiger partial charge on any atom is -0.508 e. The highest BCUT2D eigenvalue weighted by atomic mass is 16.6. The number of anilines is 1. The minimum absolute atomic E-state index is 0.00852. The molecule has 2 aliphatic rings. The zero-order valence-electron chi connectivity index (χ0n) is 17.1. The SMILES string of the molecule is CCNCC(=O)Nc1ccc2c(c1)C(=O)OC21c2ccc(O)cc2Oc2cc(O)ccc21. The van der Waals surface area contributed by atoms with Crippen molar-refractivity contribution in [2.24, 2.45) is 0 Å². The zero-order chi connectivity index (χ0) is 22.5. The van der Waals surface area contributed by atoms with E-state index in [4.69, 9.17) is 9.47 Å². The van der Waals surface area contributed by atoms with Gasteiger partial charge in [0.05, 0.1) is 12.1 Å². The summed E-state index contributed by atoms with van der Waals surface area (Å²) in [5.41, 5.74) is 1.14. The van der Waals surface area contributed by atoms with Crippen LogP contribution in [0.3, 0.4) is 0 Å². The van der Waals surface area contributed by atoms with Gasteiger partial charge in [0.25, 0.3) is 0 Å². The number of ether oxygens (including phenoxy) is 2. The first-order valence-electron chi connectivity index (χ1n) is 10.2. The van der Waals surface area contributed by atoms with Crippen LogP contribution in [-0.2, 0) is 15.1 Å². The van der Waals surface area contributed by atoms with Crippen molar-refractivity contribution in [1.29, 1.82) is 0 Å². The number of phenols is 2. The Labute approximate surface area is 183 Å². The first kappa shape index (κ1) is 19.9. The second kappa shape index (κ2) is 7.28. The summed E-state index contributed by atoms with van der Waals surface area (Å²) in [7, 11) is 0. The third kappa shape index (κ3) is 2.96. The number of esters is 1. The summed E-state index contributed by atoms with van der Waals surface area (Å²) in [5.74, 6) is -0.168. The summed E-state index contributed by atoms with van der Waals surface area (Å²) in [6.07, 6.45) is 0. The second-order valence-corrected chi connectivity index (χ2v) is 7.62. The molecule has 0 radical (unpaired) electrons. The Morgan fingerprint density at radius 1 is 0.938 bits per heavy atom. The minimum atomic E-state index is -1.32. The van der Waals surface area contributed by atoms with Crippen molar-refractivity contribution in [3.63, 3.8) is 0 Å². The molecule has 0 unspecified atom stereocenters. The molecule has 2 aliphatic heterocycles. The van der Waals surface area contributed by atoms with Crippen molar-refractivity contribution in [1.82, 2.24) is 5.32 Å². The van der Waals surface area contributed by atoms with Crippen molar-refractivity contribution in [3.05, 3.63) is 76.9 Å². The number of carbonyl (C=O) groups excluding carboxylic acids is 2. The van der Waals surface area contributed by atoms with Crippen LogP contribution in [0.25, 0.3) is 0 Å². The highest BCUT2D eigenvalue weighted by Gasteiger charge is 2.53. The highest BCUT2D eigenvalue weighted by Crippen LogP contribution is 2.57. The van der Waals surface area contributed by atoms with Gasteiger partial charge < -0.3 is 30.3 Å². The fraction of sp³-hybridized carbons (Fsp3) is 0.167. The van der Waals surface area contributed by atoms with E-state index < -0.39 is 11.6 Å². The number of rotatable bonds is 4. The van der Waals surface area contributed by atoms with Gasteiger partial charge in [-0.2, -0.15) is 0 Å². The number of carbonyl (C=O) groups is 2. The van der Waals surface area contributed by atoms with E-state index in [2.05, 4.69) is 10.6 Å². The average molecular weight is 432 g/mol. The number of likely N-dealkylation sites (N-methyl/N-ethyl adjacent to an activating group) is 1. The van der Waals surface area contributed by atoms with Crippen molar-refractivity contribution in [3.8, 4) is 23.0 Å². The van der Waals surface area contributed by atoms with E-state index in [-0.39, 0.29) is 24.0 Å². The maximum atomic E-state index is 13.0. The molecule has 0 saturated carbocycles. The topological polar surface area (TPSA) is 117 Å². The molecule has 4 N–H and O–H groups in total. The molecule has 0 aromatic heterocycles. The molecule has 0 atom stereocenters. The summed E-state index contributed by atoms with van der Waals surface area (Å²) >= 11 is 0. The van der Waals surface area contributed by atoms with Crippen molar-refractivity contribution < 1.29 is 29.3 Å². The number of fused-ring (bicyclic) bond motifs is 6. The molecule has 8 nitrogen and oxygen atoms in total. The van der Waals surface area contributed by atoms with E-state index >= 15 is 0 Å². The van der Waals surface area contributed by atoms with Crippen LogP contribution in [0.4, 0.5) is 5.69 Å². The van der Waals surface area contributed by atoms with Crippen LogP contribution in [0.5, 0.6) is 23.0 Å². The molecule has 8 heteroatoms. The van der Waals surface area contributed by atoms with Gasteiger partial charge in [0.2, 0.25) is 5.91 Å². The van der Waals surface area contributed by atoms with Gasteiger partial charge in [0.15, 0.2) is 5.60 Å². The third-order valence-corrected chi connectivity index (χ3v) is 5.59. The van der Waals surface area contributed by atoms with Crippen molar-refractivity contribution in [2.45, 2.75) is 12.5 Å². The van der Waals surface area contributed by atoms with Crippen LogP contribution < -0.4 is 15.4 Å². The molecule has 0 aliphatic carbocycles. The number of amides is 1. The summed E-state index contributed by atoms with van der Waals surface area (Å²) in [6, 6.07) is 14.2. The standard InChI is InChI=1S/C24H20N2O6/c1-2-25-12-22(29)26-13-3-6-17-16(9-13)23(30)32-24(17)18-7-4-14(27)10-20(18)31-21-11-15(28)5-8-19(21)24/h3-11,25,27-28H,2,12H2,1H3,(H,26,29). The molecule has 1 spiro atoms. The first-order valence-corrected chi connectivity index (χ1v) is 10.2. The number of hydrogen-bond acceptors (Lipinski definition) is 7. The Morgan fingerprint density at radius 2 is 1.56 bits per heavy atom. The zero-order valence-corrected chi connectivity index (χ0v) is 17.1. The Kier molecular flexibility index (Phi) is 4.53. The van der Waals surface area contributed by atoms with Crippen molar-refractivity contribution >= 4 is 17.6 Å². The number of benzene rings is 3. The van der Waals surface area contributed by atoms with Crippen LogP contribution >= 0.6 is 0 Å². The Morgan fingerprint density at radius 3 is 2.19 bits per heavy atom. The fourth-order valence-electron chi connectivity index (χ4n) is 4.23. The van der Waals surface area contributed by atoms with Crippen LogP contribution in [0.1, 0.15) is 34.0 Å². The summed E-state index contributed by atoms with van der Waals surface area (Å²) in [6.45, 7) is 2.73. The number of hydrogen-bond donors (Lipinski definition) is 4. The van der Waals surface area contributed by atoms with E-state index in [9.17, 15) is 19.8 Å². The van der Waals surface area contributed by atoms with E-state index in [1.165, 1.54) is 24.3 Å². The summed E-state index contributed by atoms with van der Waals surface area (Å²) in [5, 5.41) is 25.7. The van der Waals surface area contributed by atoms with Gasteiger partial charge in [0.1, 0.15) is 23.0 Å². The van der Waals surface area contributed by atoms with Crippen LogP contribution in [0.2, 0.25) is 0 Å². The van der Waals surface area contributed by atoms with E-state index in [0.717, 1.165) is 0 Å². The van der Waals surface area contributed by atoms with Gasteiger partial charge in [-0.25, -0.2) is 4.79 Å². The van der Waals surface area contributed by atoms with E-state index in [1.807, 2.05) is 6.92 Å². The lowest BCUT2D eigenvalue weighted by Crippen LogP contribution is -2.32. The third-order valence-electron chi connectivity index (χ3n) is 5.59. The molecule has 3 aromatic carbocycles. The monoisotopic (exact) mass is 432 g/mol. The molecule has 0 fully saturated rings. The number of phenolic OH excluding ortho intramolecular Hbond substituents is 2. The smallest absolute Gasteiger partial charge is 0.340 e. The van der Waals surface area contributed by atoms with Gasteiger partial charge >= 0.3 is 5.97 Å². The van der Waals surface area contributed by atoms with Gasteiger partial charge in [-0.3, -0.25) is 4.79 Å². The lowest BCUT2D eigenvalue weighted by Gasteiger charge is -2.36. The summed E-state index contributed by atoms with van der Waals surface area (Å²) in [4.78, 5) is 25.1. The van der Waals surface area contributed by atoms with Crippen molar-refractivity contribution in [2.75, 3.05) is 18.4 Å². The lowest BCUT2D eigenvalue weighted by atomic mass is 9.77. The van der Waals surface area contributed by atoms with Crippen LogP contribution in [-0.4, -0.2) is 35.2 Å². The molecular weight excluding hydrogens is 412 g/mol. The Bertz CT molecular complexity index is 1220. The van der Waals surface area contributed by atoms with Gasteiger partial charge in [0, 0.05) is 34.5 Å². The quantitative estimate of drug-likeness (QED) is 0.468. The molecule has 2 heterocycles. The van der Waals surface area contributed by atoms with Crippen LogP contribution in [0.15, 0.2) is 54.6 Å². The molecule has 1 amide bonds. The highest BCUT2D eigenvalue weighted by molar-refractivity contribution is 6.00. The van der Waals surface area contributed by atoms with Gasteiger partial charge in [-0.15, -0.1) is 0 Å². The molecular formula is C24H20N2O6.